The highest BCUT2D eigenvalue weighted by molar-refractivity contribution is 9.10. The fourth-order valence-electron chi connectivity index (χ4n) is 4.38. The minimum Gasteiger partial charge on any atom is -0.361 e. The van der Waals surface area contributed by atoms with Crippen LogP contribution in [0.1, 0.15) is 50.2 Å². The molecule has 0 saturated carbocycles. The molecular formula is C27H27BrFN3O3. The topological polar surface area (TPSA) is 70.7 Å². The predicted molar refractivity (Wildman–Crippen MR) is 135 cm³/mol. The molecule has 0 aliphatic carbocycles. The number of halogens is 2. The van der Waals surface area contributed by atoms with E-state index in [-0.39, 0.29) is 5.82 Å². The van der Waals surface area contributed by atoms with Crippen molar-refractivity contribution in [2.75, 3.05) is 20.6 Å². The first-order valence-electron chi connectivity index (χ1n) is 11.3. The normalized spacial score (nSPS) is 16.7. The molecule has 0 spiro atoms. The summed E-state index contributed by atoms with van der Waals surface area (Å²) in [4.78, 5) is 27.3. The number of hydrogen-bond donors (Lipinski definition) is 2. The van der Waals surface area contributed by atoms with Gasteiger partial charge >= 0.3 is 0 Å². The van der Waals surface area contributed by atoms with E-state index in [2.05, 4.69) is 31.7 Å². The van der Waals surface area contributed by atoms with Gasteiger partial charge in [0, 0.05) is 10.0 Å². The van der Waals surface area contributed by atoms with Crippen molar-refractivity contribution < 1.29 is 18.7 Å². The maximum absolute atomic E-state index is 13.6. The lowest BCUT2D eigenvalue weighted by molar-refractivity contribution is -0.0140. The Hall–Kier alpha value is -3.07. The Balaban J connectivity index is 1.54. The summed E-state index contributed by atoms with van der Waals surface area (Å²) in [5.41, 5.74) is 7.78. The van der Waals surface area contributed by atoms with Crippen LogP contribution < -0.4 is 10.9 Å². The summed E-state index contributed by atoms with van der Waals surface area (Å²) in [5, 5.41) is 0. The molecule has 6 nitrogen and oxygen atoms in total. The van der Waals surface area contributed by atoms with Crippen molar-refractivity contribution in [1.29, 1.82) is 0 Å². The van der Waals surface area contributed by atoms with Crippen LogP contribution in [0.25, 0.3) is 0 Å². The molecule has 1 heterocycles. The quantitative estimate of drug-likeness (QED) is 0.424. The van der Waals surface area contributed by atoms with Gasteiger partial charge in [-0.2, -0.15) is 0 Å². The summed E-state index contributed by atoms with van der Waals surface area (Å²) in [6.07, 6.45) is 1.60. The Morgan fingerprint density at radius 3 is 2.46 bits per heavy atom. The lowest BCUT2D eigenvalue weighted by Gasteiger charge is -2.31. The molecule has 1 aliphatic rings. The molecule has 1 unspecified atom stereocenters. The standard InChI is InChI=1S/C27H27BrFN3O3/c1-32(2)15-5-14-27(20-9-11-21(29)12-10-20)23-13-8-18(16-19(23)17-35-27)25(33)30-31-26(34)22-6-3-4-7-24(22)28/h3-4,6-13,16H,5,14-15,17H2,1-2H3,(H,30,33)(H,31,34). The van der Waals surface area contributed by atoms with Crippen molar-refractivity contribution in [3.05, 3.63) is 105 Å². The highest BCUT2D eigenvalue weighted by Crippen LogP contribution is 2.45. The van der Waals surface area contributed by atoms with Gasteiger partial charge in [-0.15, -0.1) is 0 Å². The van der Waals surface area contributed by atoms with Crippen LogP contribution in [0.2, 0.25) is 0 Å². The molecule has 1 aliphatic heterocycles. The smallest absolute Gasteiger partial charge is 0.270 e. The molecule has 8 heteroatoms. The van der Waals surface area contributed by atoms with Gasteiger partial charge in [-0.1, -0.05) is 30.3 Å². The van der Waals surface area contributed by atoms with Gasteiger partial charge in [-0.25, -0.2) is 4.39 Å². The molecule has 0 aromatic heterocycles. The number of carbonyl (C=O) groups excluding carboxylic acids is 2. The van der Waals surface area contributed by atoms with E-state index in [1.165, 1.54) is 12.1 Å². The van der Waals surface area contributed by atoms with E-state index in [9.17, 15) is 14.0 Å². The van der Waals surface area contributed by atoms with Gasteiger partial charge < -0.3 is 9.64 Å². The highest BCUT2D eigenvalue weighted by Gasteiger charge is 2.41. The van der Waals surface area contributed by atoms with Crippen molar-refractivity contribution in [2.24, 2.45) is 0 Å². The van der Waals surface area contributed by atoms with Gasteiger partial charge in [0.15, 0.2) is 0 Å². The van der Waals surface area contributed by atoms with Crippen molar-refractivity contribution >= 4 is 27.7 Å². The van der Waals surface area contributed by atoms with Gasteiger partial charge in [0.25, 0.3) is 11.8 Å². The van der Waals surface area contributed by atoms with Gasteiger partial charge in [-0.05, 0) is 103 Å². The summed E-state index contributed by atoms with van der Waals surface area (Å²) >= 11 is 3.33. The fraction of sp³-hybridized carbons (Fsp3) is 0.259. The zero-order chi connectivity index (χ0) is 25.0. The summed E-state index contributed by atoms with van der Waals surface area (Å²) < 4.78 is 20.6. The molecule has 1 atom stereocenters. The van der Waals surface area contributed by atoms with Crippen LogP contribution in [0.15, 0.2) is 71.2 Å². The van der Waals surface area contributed by atoms with E-state index in [1.54, 1.807) is 48.5 Å². The monoisotopic (exact) mass is 539 g/mol. The zero-order valence-corrected chi connectivity index (χ0v) is 21.2. The van der Waals surface area contributed by atoms with E-state index in [0.29, 0.717) is 22.2 Å². The summed E-state index contributed by atoms with van der Waals surface area (Å²) in [5.74, 6) is -1.15. The lowest BCUT2D eigenvalue weighted by atomic mass is 9.81. The Labute approximate surface area is 212 Å². The van der Waals surface area contributed by atoms with Crippen molar-refractivity contribution in [3.63, 3.8) is 0 Å². The van der Waals surface area contributed by atoms with Crippen LogP contribution in [-0.2, 0) is 16.9 Å². The van der Waals surface area contributed by atoms with E-state index >= 15 is 0 Å². The number of rotatable bonds is 7. The van der Waals surface area contributed by atoms with Gasteiger partial charge in [0.1, 0.15) is 11.4 Å². The third-order valence-corrected chi connectivity index (χ3v) is 6.82. The molecule has 2 N–H and O–H groups in total. The average molecular weight is 540 g/mol. The number of amides is 2. The van der Waals surface area contributed by atoms with E-state index in [0.717, 1.165) is 36.1 Å². The molecule has 35 heavy (non-hydrogen) atoms. The third kappa shape index (κ3) is 5.45. The first-order chi connectivity index (χ1) is 16.8. The lowest BCUT2D eigenvalue weighted by Crippen LogP contribution is -2.41. The Morgan fingerprint density at radius 1 is 1.03 bits per heavy atom. The second-order valence-electron chi connectivity index (χ2n) is 8.79. The zero-order valence-electron chi connectivity index (χ0n) is 19.6. The Kier molecular flexibility index (Phi) is 7.64. The maximum atomic E-state index is 13.6. The Morgan fingerprint density at radius 2 is 1.74 bits per heavy atom. The number of carbonyl (C=O) groups is 2. The molecule has 0 saturated heterocycles. The minimum atomic E-state index is -0.706. The molecule has 4 rings (SSSR count). The van der Waals surface area contributed by atoms with Crippen LogP contribution >= 0.6 is 15.9 Å². The summed E-state index contributed by atoms with van der Waals surface area (Å²) in [7, 11) is 4.04. The molecule has 3 aromatic carbocycles. The van der Waals surface area contributed by atoms with Crippen LogP contribution in [0, 0.1) is 5.82 Å². The molecule has 0 radical (unpaired) electrons. The van der Waals surface area contributed by atoms with Gasteiger partial charge in [0.05, 0.1) is 12.2 Å². The number of hydrazine groups is 1. The summed E-state index contributed by atoms with van der Waals surface area (Å²) in [6, 6.07) is 18.8. The third-order valence-electron chi connectivity index (χ3n) is 6.13. The highest BCUT2D eigenvalue weighted by atomic mass is 79.9. The first kappa shape index (κ1) is 25.0. The fourth-order valence-corrected chi connectivity index (χ4v) is 4.84. The van der Waals surface area contributed by atoms with Crippen LogP contribution in [-0.4, -0.2) is 37.4 Å². The summed E-state index contributed by atoms with van der Waals surface area (Å²) in [6.45, 7) is 1.22. The van der Waals surface area contributed by atoms with Crippen molar-refractivity contribution in [2.45, 2.75) is 25.0 Å². The predicted octanol–water partition coefficient (Wildman–Crippen LogP) is 4.78. The SMILES string of the molecule is CN(C)CCCC1(c2ccc(F)cc2)OCc2cc(C(=O)NNC(=O)c3ccccc3Br)ccc21. The number of nitrogens with zero attached hydrogens (tertiary/aromatic N) is 1. The second kappa shape index (κ2) is 10.7. The number of hydrogen-bond acceptors (Lipinski definition) is 4. The number of benzene rings is 3. The van der Waals surface area contributed by atoms with Gasteiger partial charge in [-0.3, -0.25) is 20.4 Å². The van der Waals surface area contributed by atoms with E-state index < -0.39 is 17.4 Å². The Bertz CT molecular complexity index is 1230. The maximum Gasteiger partial charge on any atom is 0.270 e. The van der Waals surface area contributed by atoms with Crippen molar-refractivity contribution in [3.8, 4) is 0 Å². The van der Waals surface area contributed by atoms with Crippen LogP contribution in [0.3, 0.4) is 0 Å². The number of fused-ring (bicyclic) bond motifs is 1. The van der Waals surface area contributed by atoms with E-state index in [1.807, 2.05) is 20.2 Å². The molecular weight excluding hydrogens is 513 g/mol. The van der Waals surface area contributed by atoms with Gasteiger partial charge in [0.2, 0.25) is 0 Å². The average Bonchev–Trinajstić information content (AvgIpc) is 3.21. The van der Waals surface area contributed by atoms with Crippen molar-refractivity contribution in [1.82, 2.24) is 15.8 Å². The molecule has 182 valence electrons. The molecule has 3 aromatic rings. The molecule has 0 bridgehead atoms. The largest absolute Gasteiger partial charge is 0.361 e. The molecule has 0 fully saturated rings. The van der Waals surface area contributed by atoms with E-state index in [4.69, 9.17) is 4.74 Å². The first-order valence-corrected chi connectivity index (χ1v) is 12.1. The van der Waals surface area contributed by atoms with Crippen LogP contribution in [0.4, 0.5) is 4.39 Å². The number of nitrogens with one attached hydrogen (secondary N) is 2. The minimum absolute atomic E-state index is 0.299. The molecule has 2 amide bonds. The van der Waals surface area contributed by atoms with Crippen LogP contribution in [0.5, 0.6) is 0 Å². The number of ether oxygens (including phenoxy) is 1. The second-order valence-corrected chi connectivity index (χ2v) is 9.64.